The third kappa shape index (κ3) is 3.15. The summed E-state index contributed by atoms with van der Waals surface area (Å²) in [6.45, 7) is 6.28. The Kier molecular flexibility index (Phi) is 4.48. The molecule has 0 unspecified atom stereocenters. The maximum absolute atomic E-state index is 6.21. The van der Waals surface area contributed by atoms with Gasteiger partial charge in [0.2, 0.25) is 0 Å². The number of nitrogens with two attached hydrogens (primary N) is 1. The maximum atomic E-state index is 6.21. The van der Waals surface area contributed by atoms with Crippen molar-refractivity contribution in [3.8, 4) is 22.6 Å². The first-order chi connectivity index (χ1) is 11.0. The minimum absolute atomic E-state index is 0.607. The van der Waals surface area contributed by atoms with Crippen LogP contribution in [-0.4, -0.2) is 5.16 Å². The second-order valence-electron chi connectivity index (χ2n) is 5.61. The molecule has 1 aromatic heterocycles. The van der Waals surface area contributed by atoms with Crippen molar-refractivity contribution >= 4 is 23.5 Å². The van der Waals surface area contributed by atoms with E-state index in [1.165, 1.54) is 16.7 Å². The number of benzene rings is 2. The number of rotatable bonds is 3. The molecule has 0 aliphatic heterocycles. The highest BCUT2D eigenvalue weighted by atomic mass is 35.5. The third-order valence-electron chi connectivity index (χ3n) is 3.79. The van der Waals surface area contributed by atoms with Crippen LogP contribution < -0.4 is 5.14 Å². The van der Waals surface area contributed by atoms with E-state index in [0.717, 1.165) is 33.7 Å². The lowest BCUT2D eigenvalue weighted by Crippen LogP contribution is -1.89. The van der Waals surface area contributed by atoms with Gasteiger partial charge in [-0.1, -0.05) is 34.5 Å². The van der Waals surface area contributed by atoms with E-state index < -0.39 is 0 Å². The Balaban J connectivity index is 2.03. The van der Waals surface area contributed by atoms with Gasteiger partial charge >= 0.3 is 0 Å². The van der Waals surface area contributed by atoms with Gasteiger partial charge in [-0.2, -0.15) is 0 Å². The average molecular weight is 345 g/mol. The topological polar surface area (TPSA) is 52.0 Å². The van der Waals surface area contributed by atoms with E-state index in [-0.39, 0.29) is 0 Å². The fourth-order valence-corrected chi connectivity index (χ4v) is 3.50. The summed E-state index contributed by atoms with van der Waals surface area (Å²) in [5, 5.41) is 10.4. The Morgan fingerprint density at radius 1 is 1.04 bits per heavy atom. The van der Waals surface area contributed by atoms with Crippen LogP contribution in [0.4, 0.5) is 0 Å². The SMILES string of the molecule is Cc1cc(C)c(-c2cc(-c3ccc(SN)c(Cl)c3)on2)c(C)c1. The molecule has 23 heavy (non-hydrogen) atoms. The van der Waals surface area contributed by atoms with Crippen LogP contribution in [0.5, 0.6) is 0 Å². The van der Waals surface area contributed by atoms with Gasteiger partial charge in [-0.15, -0.1) is 0 Å². The monoisotopic (exact) mass is 344 g/mol. The first-order valence-electron chi connectivity index (χ1n) is 7.21. The van der Waals surface area contributed by atoms with Crippen LogP contribution in [0.3, 0.4) is 0 Å². The van der Waals surface area contributed by atoms with Crippen LogP contribution >= 0.6 is 23.5 Å². The summed E-state index contributed by atoms with van der Waals surface area (Å²) in [7, 11) is 0. The van der Waals surface area contributed by atoms with Crippen molar-refractivity contribution in [1.29, 1.82) is 0 Å². The quantitative estimate of drug-likeness (QED) is 0.632. The van der Waals surface area contributed by atoms with E-state index in [0.29, 0.717) is 10.8 Å². The largest absolute Gasteiger partial charge is 0.356 e. The van der Waals surface area contributed by atoms with E-state index in [4.69, 9.17) is 21.3 Å². The standard InChI is InChI=1S/C18H17ClN2OS/c1-10-6-11(2)18(12(3)7-10)15-9-16(22-21-15)13-4-5-17(23-20)14(19)8-13/h4-9H,20H2,1-3H3. The first kappa shape index (κ1) is 16.1. The molecule has 0 radical (unpaired) electrons. The number of aryl methyl sites for hydroxylation is 3. The third-order valence-corrected chi connectivity index (χ3v) is 4.82. The minimum atomic E-state index is 0.607. The van der Waals surface area contributed by atoms with Crippen molar-refractivity contribution < 1.29 is 4.52 Å². The number of hydrogen-bond acceptors (Lipinski definition) is 4. The molecule has 0 aliphatic carbocycles. The zero-order chi connectivity index (χ0) is 16.6. The lowest BCUT2D eigenvalue weighted by atomic mass is 9.97. The number of halogens is 1. The summed E-state index contributed by atoms with van der Waals surface area (Å²) in [4.78, 5) is 0.834. The van der Waals surface area contributed by atoms with Gasteiger partial charge in [0.25, 0.3) is 0 Å². The number of hydrogen-bond donors (Lipinski definition) is 1. The Labute approximate surface area is 145 Å². The smallest absolute Gasteiger partial charge is 0.167 e. The molecule has 0 aliphatic rings. The Bertz CT molecular complexity index is 850. The molecular formula is C18H17ClN2OS. The van der Waals surface area contributed by atoms with Crippen LogP contribution in [0.1, 0.15) is 16.7 Å². The highest BCUT2D eigenvalue weighted by Gasteiger charge is 2.14. The minimum Gasteiger partial charge on any atom is -0.356 e. The van der Waals surface area contributed by atoms with Crippen LogP contribution in [0.2, 0.25) is 5.02 Å². The molecular weight excluding hydrogens is 328 g/mol. The number of nitrogens with zero attached hydrogens (tertiary/aromatic N) is 1. The fraction of sp³-hybridized carbons (Fsp3) is 0.167. The molecule has 3 aromatic rings. The van der Waals surface area contributed by atoms with Gasteiger partial charge in [0, 0.05) is 22.1 Å². The van der Waals surface area contributed by atoms with Gasteiger partial charge in [0.1, 0.15) is 5.69 Å². The van der Waals surface area contributed by atoms with E-state index >= 15 is 0 Å². The molecule has 2 aromatic carbocycles. The van der Waals surface area contributed by atoms with Gasteiger partial charge in [0.15, 0.2) is 5.76 Å². The molecule has 0 bridgehead atoms. The summed E-state index contributed by atoms with van der Waals surface area (Å²) >= 11 is 7.34. The van der Waals surface area contributed by atoms with Gasteiger partial charge in [0.05, 0.1) is 5.02 Å². The molecule has 0 saturated carbocycles. The highest BCUT2D eigenvalue weighted by molar-refractivity contribution is 7.97. The molecule has 3 rings (SSSR count). The fourth-order valence-electron chi connectivity index (χ4n) is 2.86. The van der Waals surface area contributed by atoms with Crippen LogP contribution in [0, 0.1) is 20.8 Å². The zero-order valence-electron chi connectivity index (χ0n) is 13.2. The van der Waals surface area contributed by atoms with E-state index in [1.54, 1.807) is 0 Å². The summed E-state index contributed by atoms with van der Waals surface area (Å²) in [5.41, 5.74) is 6.46. The lowest BCUT2D eigenvalue weighted by Gasteiger charge is -2.07. The van der Waals surface area contributed by atoms with Gasteiger partial charge < -0.3 is 4.52 Å². The molecule has 1 heterocycles. The van der Waals surface area contributed by atoms with Gasteiger partial charge in [-0.3, -0.25) is 5.14 Å². The van der Waals surface area contributed by atoms with Crippen molar-refractivity contribution in [3.63, 3.8) is 0 Å². The van der Waals surface area contributed by atoms with Gasteiger partial charge in [-0.05, 0) is 62.0 Å². The van der Waals surface area contributed by atoms with E-state index in [1.807, 2.05) is 24.3 Å². The van der Waals surface area contributed by atoms with Crippen molar-refractivity contribution in [2.75, 3.05) is 0 Å². The van der Waals surface area contributed by atoms with E-state index in [9.17, 15) is 0 Å². The lowest BCUT2D eigenvalue weighted by molar-refractivity contribution is 0.435. The molecule has 0 atom stereocenters. The highest BCUT2D eigenvalue weighted by Crippen LogP contribution is 2.33. The second-order valence-corrected chi connectivity index (χ2v) is 6.70. The molecule has 3 nitrogen and oxygen atoms in total. The Morgan fingerprint density at radius 3 is 2.35 bits per heavy atom. The molecule has 5 heteroatoms. The normalized spacial score (nSPS) is 11.0. The first-order valence-corrected chi connectivity index (χ1v) is 8.47. The van der Waals surface area contributed by atoms with Crippen LogP contribution in [0.25, 0.3) is 22.6 Å². The van der Waals surface area contributed by atoms with Crippen molar-refractivity contribution in [1.82, 2.24) is 5.16 Å². The van der Waals surface area contributed by atoms with Crippen LogP contribution in [-0.2, 0) is 0 Å². The van der Waals surface area contributed by atoms with Crippen molar-refractivity contribution in [2.45, 2.75) is 25.7 Å². The summed E-state index contributed by atoms with van der Waals surface area (Å²) in [6.07, 6.45) is 0. The van der Waals surface area contributed by atoms with Crippen LogP contribution in [0.15, 0.2) is 45.8 Å². The molecule has 0 fully saturated rings. The maximum Gasteiger partial charge on any atom is 0.167 e. The molecule has 0 saturated heterocycles. The van der Waals surface area contributed by atoms with E-state index in [2.05, 4.69) is 38.1 Å². The zero-order valence-corrected chi connectivity index (χ0v) is 14.8. The van der Waals surface area contributed by atoms with Crippen molar-refractivity contribution in [2.24, 2.45) is 5.14 Å². The molecule has 0 spiro atoms. The van der Waals surface area contributed by atoms with Crippen molar-refractivity contribution in [3.05, 3.63) is 58.1 Å². The summed E-state index contributed by atoms with van der Waals surface area (Å²) in [5.74, 6) is 0.690. The predicted octanol–water partition coefficient (Wildman–Crippen LogP) is 5.55. The summed E-state index contributed by atoms with van der Waals surface area (Å²) in [6, 6.07) is 11.9. The van der Waals surface area contributed by atoms with Gasteiger partial charge in [-0.25, -0.2) is 0 Å². The average Bonchev–Trinajstić information content (AvgIpc) is 2.95. The summed E-state index contributed by atoms with van der Waals surface area (Å²) < 4.78 is 5.53. The molecule has 2 N–H and O–H groups in total. The second kappa shape index (κ2) is 6.40. The Hall–Kier alpha value is -1.75. The molecule has 0 amide bonds. The predicted molar refractivity (Wildman–Crippen MR) is 96.6 cm³/mol. The number of aromatic nitrogens is 1. The molecule has 118 valence electrons. The Morgan fingerprint density at radius 2 is 1.74 bits per heavy atom.